The Balaban J connectivity index is 1.71. The van der Waals surface area contributed by atoms with E-state index in [1.165, 1.54) is 12.0 Å². The summed E-state index contributed by atoms with van der Waals surface area (Å²) in [5.74, 6) is 0.662. The van der Waals surface area contributed by atoms with Gasteiger partial charge in [-0.05, 0) is 60.4 Å². The molecule has 1 saturated carbocycles. The van der Waals surface area contributed by atoms with Crippen molar-refractivity contribution in [3.05, 3.63) is 65.2 Å². The van der Waals surface area contributed by atoms with E-state index in [9.17, 15) is 9.59 Å². The molecule has 0 aliphatic heterocycles. The number of carbonyl (C=O) groups is 2. The Hall–Kier alpha value is -2.82. The van der Waals surface area contributed by atoms with Crippen LogP contribution in [0.2, 0.25) is 0 Å². The maximum absolute atomic E-state index is 13.5. The van der Waals surface area contributed by atoms with Crippen LogP contribution in [-0.2, 0) is 28.0 Å². The van der Waals surface area contributed by atoms with Crippen molar-refractivity contribution >= 4 is 11.8 Å². The lowest BCUT2D eigenvalue weighted by atomic mass is 9.86. The zero-order valence-electron chi connectivity index (χ0n) is 22.1. The van der Waals surface area contributed by atoms with E-state index in [4.69, 9.17) is 4.74 Å². The molecule has 35 heavy (non-hydrogen) atoms. The molecule has 2 amide bonds. The number of methoxy groups -OCH3 is 1. The summed E-state index contributed by atoms with van der Waals surface area (Å²) in [6, 6.07) is 15.9. The SMILES string of the molecule is COc1cccc(CN(C(=O)CCc2ccc(C(C)(C)C)cc2)C(C)C(=O)NC2CCCCC2)c1. The Morgan fingerprint density at radius 2 is 1.71 bits per heavy atom. The summed E-state index contributed by atoms with van der Waals surface area (Å²) in [5, 5.41) is 3.20. The van der Waals surface area contributed by atoms with Crippen LogP contribution in [0.3, 0.4) is 0 Å². The van der Waals surface area contributed by atoms with E-state index in [-0.39, 0.29) is 23.3 Å². The molecule has 1 N–H and O–H groups in total. The molecule has 1 atom stereocenters. The largest absolute Gasteiger partial charge is 0.497 e. The van der Waals surface area contributed by atoms with Crippen LogP contribution in [-0.4, -0.2) is 35.9 Å². The molecule has 0 bridgehead atoms. The Morgan fingerprint density at radius 3 is 2.34 bits per heavy atom. The highest BCUT2D eigenvalue weighted by atomic mass is 16.5. The zero-order valence-corrected chi connectivity index (χ0v) is 22.1. The predicted molar refractivity (Wildman–Crippen MR) is 141 cm³/mol. The van der Waals surface area contributed by atoms with Gasteiger partial charge in [-0.25, -0.2) is 0 Å². The lowest BCUT2D eigenvalue weighted by molar-refractivity contribution is -0.141. The molecule has 2 aromatic carbocycles. The first-order chi connectivity index (χ1) is 16.7. The fourth-order valence-corrected chi connectivity index (χ4v) is 4.69. The highest BCUT2D eigenvalue weighted by molar-refractivity contribution is 5.87. The van der Waals surface area contributed by atoms with E-state index in [1.54, 1.807) is 12.0 Å². The third-order valence-corrected chi connectivity index (χ3v) is 7.05. The zero-order chi connectivity index (χ0) is 25.4. The molecule has 1 aliphatic carbocycles. The first-order valence-electron chi connectivity index (χ1n) is 13.0. The minimum Gasteiger partial charge on any atom is -0.497 e. The minimum absolute atomic E-state index is 0.0148. The Labute approximate surface area is 211 Å². The number of rotatable bonds is 9. The standard InChI is InChI=1S/C30H42N2O3/c1-22(29(34)31-26-11-7-6-8-12-26)32(21-24-10-9-13-27(20-24)35-5)28(33)19-16-23-14-17-25(18-15-23)30(2,3)4/h9-10,13-15,17-18,20,22,26H,6-8,11-12,16,19,21H2,1-5H3,(H,31,34). The summed E-state index contributed by atoms with van der Waals surface area (Å²) in [7, 11) is 1.63. The number of amides is 2. The van der Waals surface area contributed by atoms with Gasteiger partial charge in [0.2, 0.25) is 11.8 Å². The van der Waals surface area contributed by atoms with E-state index >= 15 is 0 Å². The van der Waals surface area contributed by atoms with E-state index in [1.807, 2.05) is 31.2 Å². The van der Waals surface area contributed by atoms with Gasteiger partial charge in [0.25, 0.3) is 0 Å². The molecular weight excluding hydrogens is 436 g/mol. The maximum atomic E-state index is 13.5. The van der Waals surface area contributed by atoms with Gasteiger partial charge in [-0.3, -0.25) is 9.59 Å². The smallest absolute Gasteiger partial charge is 0.242 e. The van der Waals surface area contributed by atoms with Gasteiger partial charge in [0.1, 0.15) is 11.8 Å². The van der Waals surface area contributed by atoms with Crippen LogP contribution in [0.1, 0.15) is 82.9 Å². The van der Waals surface area contributed by atoms with Crippen molar-refractivity contribution in [2.75, 3.05) is 7.11 Å². The molecule has 5 nitrogen and oxygen atoms in total. The van der Waals surface area contributed by atoms with Crippen LogP contribution in [0.25, 0.3) is 0 Å². The second-order valence-corrected chi connectivity index (χ2v) is 10.8. The van der Waals surface area contributed by atoms with Crippen molar-refractivity contribution in [3.8, 4) is 5.75 Å². The quantitative estimate of drug-likeness (QED) is 0.496. The van der Waals surface area contributed by atoms with Crippen LogP contribution < -0.4 is 10.1 Å². The van der Waals surface area contributed by atoms with Gasteiger partial charge >= 0.3 is 0 Å². The molecule has 190 valence electrons. The molecule has 0 heterocycles. The van der Waals surface area contributed by atoms with Gasteiger partial charge in [0.05, 0.1) is 7.11 Å². The number of nitrogens with zero attached hydrogens (tertiary/aromatic N) is 1. The Kier molecular flexibility index (Phi) is 9.36. The molecule has 1 aliphatic rings. The molecule has 1 unspecified atom stereocenters. The molecule has 0 saturated heterocycles. The van der Waals surface area contributed by atoms with Gasteiger partial charge in [0, 0.05) is 19.0 Å². The second-order valence-electron chi connectivity index (χ2n) is 10.8. The Morgan fingerprint density at radius 1 is 1.03 bits per heavy atom. The fourth-order valence-electron chi connectivity index (χ4n) is 4.69. The molecule has 5 heteroatoms. The maximum Gasteiger partial charge on any atom is 0.242 e. The van der Waals surface area contributed by atoms with Gasteiger partial charge < -0.3 is 15.0 Å². The second kappa shape index (κ2) is 12.2. The van der Waals surface area contributed by atoms with Crippen molar-refractivity contribution < 1.29 is 14.3 Å². The van der Waals surface area contributed by atoms with Crippen LogP contribution in [0.15, 0.2) is 48.5 Å². The number of benzene rings is 2. The molecule has 1 fully saturated rings. The minimum atomic E-state index is -0.543. The lowest BCUT2D eigenvalue weighted by Crippen LogP contribution is -2.50. The predicted octanol–water partition coefficient (Wildman–Crippen LogP) is 5.79. The molecule has 0 aromatic heterocycles. The first-order valence-corrected chi connectivity index (χ1v) is 13.0. The number of hydrogen-bond donors (Lipinski definition) is 1. The van der Waals surface area contributed by atoms with Gasteiger partial charge in [-0.2, -0.15) is 0 Å². The van der Waals surface area contributed by atoms with Crippen molar-refractivity contribution in [2.24, 2.45) is 0 Å². The summed E-state index contributed by atoms with van der Waals surface area (Å²) in [5.41, 5.74) is 3.46. The monoisotopic (exact) mass is 478 g/mol. The number of nitrogens with one attached hydrogen (secondary N) is 1. The topological polar surface area (TPSA) is 58.6 Å². The third kappa shape index (κ3) is 7.84. The van der Waals surface area contributed by atoms with Crippen molar-refractivity contribution in [3.63, 3.8) is 0 Å². The van der Waals surface area contributed by atoms with Crippen LogP contribution in [0, 0.1) is 0 Å². The van der Waals surface area contributed by atoms with Gasteiger partial charge in [-0.1, -0.05) is 76.4 Å². The Bertz CT molecular complexity index is 972. The normalized spacial score (nSPS) is 15.3. The number of hydrogen-bond acceptors (Lipinski definition) is 3. The van der Waals surface area contributed by atoms with Crippen molar-refractivity contribution in [1.29, 1.82) is 0 Å². The van der Waals surface area contributed by atoms with E-state index in [2.05, 4.69) is 50.4 Å². The average molecular weight is 479 g/mol. The van der Waals surface area contributed by atoms with Crippen molar-refractivity contribution in [1.82, 2.24) is 10.2 Å². The number of ether oxygens (including phenoxy) is 1. The number of carbonyl (C=O) groups excluding carboxylic acids is 2. The lowest BCUT2D eigenvalue weighted by Gasteiger charge is -2.31. The van der Waals surface area contributed by atoms with Gasteiger partial charge in [0.15, 0.2) is 0 Å². The first kappa shape index (κ1) is 26.8. The summed E-state index contributed by atoms with van der Waals surface area (Å²) in [4.78, 5) is 28.3. The summed E-state index contributed by atoms with van der Waals surface area (Å²) < 4.78 is 5.36. The summed E-state index contributed by atoms with van der Waals surface area (Å²) in [6.07, 6.45) is 6.59. The van der Waals surface area contributed by atoms with Gasteiger partial charge in [-0.15, -0.1) is 0 Å². The molecule has 3 rings (SSSR count). The molecule has 0 spiro atoms. The molecular formula is C30H42N2O3. The summed E-state index contributed by atoms with van der Waals surface area (Å²) >= 11 is 0. The van der Waals surface area contributed by atoms with Crippen molar-refractivity contribution in [2.45, 2.75) is 96.7 Å². The number of aryl methyl sites for hydroxylation is 1. The third-order valence-electron chi connectivity index (χ3n) is 7.05. The molecule has 2 aromatic rings. The molecule has 0 radical (unpaired) electrons. The van der Waals surface area contributed by atoms with E-state index in [0.29, 0.717) is 19.4 Å². The average Bonchev–Trinajstić information content (AvgIpc) is 2.86. The van der Waals surface area contributed by atoms with E-state index in [0.717, 1.165) is 42.6 Å². The fraction of sp³-hybridized carbons (Fsp3) is 0.533. The highest BCUT2D eigenvalue weighted by Gasteiger charge is 2.28. The van der Waals surface area contributed by atoms with Crippen LogP contribution in [0.5, 0.6) is 5.75 Å². The van der Waals surface area contributed by atoms with E-state index < -0.39 is 6.04 Å². The summed E-state index contributed by atoms with van der Waals surface area (Å²) in [6.45, 7) is 8.80. The van der Waals surface area contributed by atoms with Crippen LogP contribution >= 0.6 is 0 Å². The van der Waals surface area contributed by atoms with Crippen LogP contribution in [0.4, 0.5) is 0 Å². The highest BCUT2D eigenvalue weighted by Crippen LogP contribution is 2.23.